The number of nitro benzene ring substituents is 1. The van der Waals surface area contributed by atoms with Gasteiger partial charge < -0.3 is 0 Å². The van der Waals surface area contributed by atoms with Crippen molar-refractivity contribution in [2.24, 2.45) is 0 Å². The SMILES string of the molecule is Cc1cccc(C(=O)Nc2ncc(Cc3cccc(Cl)c3Cl)s2)c1[N+](=O)[O-]. The Balaban J connectivity index is 1.78. The molecule has 0 aliphatic rings. The highest BCUT2D eigenvalue weighted by Crippen LogP contribution is 2.30. The topological polar surface area (TPSA) is 85.1 Å². The van der Waals surface area contributed by atoms with Gasteiger partial charge in [0.05, 0.1) is 15.0 Å². The second-order valence-electron chi connectivity index (χ2n) is 5.70. The number of aromatic nitrogens is 1. The number of aryl methyl sites for hydroxylation is 1. The van der Waals surface area contributed by atoms with Crippen LogP contribution in [-0.2, 0) is 6.42 Å². The summed E-state index contributed by atoms with van der Waals surface area (Å²) in [6.07, 6.45) is 2.14. The fraction of sp³-hybridized carbons (Fsp3) is 0.111. The molecule has 0 bridgehead atoms. The van der Waals surface area contributed by atoms with Gasteiger partial charge in [0.15, 0.2) is 5.13 Å². The van der Waals surface area contributed by atoms with Gasteiger partial charge in [-0.05, 0) is 24.6 Å². The summed E-state index contributed by atoms with van der Waals surface area (Å²) in [4.78, 5) is 28.2. The summed E-state index contributed by atoms with van der Waals surface area (Å²) in [6.45, 7) is 1.59. The molecule has 3 aromatic rings. The van der Waals surface area contributed by atoms with Crippen molar-refractivity contribution in [2.75, 3.05) is 5.32 Å². The van der Waals surface area contributed by atoms with Crippen LogP contribution in [0.1, 0.15) is 26.4 Å². The average Bonchev–Trinajstić information content (AvgIpc) is 3.05. The Labute approximate surface area is 168 Å². The fourth-order valence-corrected chi connectivity index (χ4v) is 3.79. The summed E-state index contributed by atoms with van der Waals surface area (Å²) in [5.41, 5.74) is 1.05. The average molecular weight is 422 g/mol. The molecule has 1 amide bonds. The highest BCUT2D eigenvalue weighted by Gasteiger charge is 2.23. The molecule has 0 aliphatic carbocycles. The second-order valence-corrected chi connectivity index (χ2v) is 7.60. The first-order valence-corrected chi connectivity index (χ1v) is 9.37. The fourth-order valence-electron chi connectivity index (χ4n) is 2.57. The third-order valence-electron chi connectivity index (χ3n) is 3.84. The zero-order valence-electron chi connectivity index (χ0n) is 14.0. The van der Waals surface area contributed by atoms with E-state index in [4.69, 9.17) is 23.2 Å². The maximum atomic E-state index is 12.5. The predicted octanol–water partition coefficient (Wildman–Crippen LogP) is 5.51. The number of nitrogens with zero attached hydrogens (tertiary/aromatic N) is 2. The molecular weight excluding hydrogens is 409 g/mol. The molecule has 9 heteroatoms. The summed E-state index contributed by atoms with van der Waals surface area (Å²) < 4.78 is 0. The molecule has 138 valence electrons. The second kappa shape index (κ2) is 8.04. The van der Waals surface area contributed by atoms with E-state index in [0.717, 1.165) is 10.4 Å². The number of amides is 1. The number of thiazole rings is 1. The third-order valence-corrected chi connectivity index (χ3v) is 5.61. The van der Waals surface area contributed by atoms with Gasteiger partial charge in [-0.3, -0.25) is 20.2 Å². The van der Waals surface area contributed by atoms with E-state index >= 15 is 0 Å². The van der Waals surface area contributed by atoms with Crippen molar-refractivity contribution >= 4 is 51.3 Å². The van der Waals surface area contributed by atoms with E-state index in [1.54, 1.807) is 31.3 Å². The third kappa shape index (κ3) is 4.27. The summed E-state index contributed by atoms with van der Waals surface area (Å²) in [7, 11) is 0. The number of benzene rings is 2. The normalized spacial score (nSPS) is 10.6. The molecule has 1 aromatic heterocycles. The van der Waals surface area contributed by atoms with Gasteiger partial charge in [-0.2, -0.15) is 0 Å². The number of hydrogen-bond donors (Lipinski definition) is 1. The summed E-state index contributed by atoms with van der Waals surface area (Å²) in [5.74, 6) is -0.577. The Kier molecular flexibility index (Phi) is 5.74. The van der Waals surface area contributed by atoms with Gasteiger partial charge in [0.25, 0.3) is 11.6 Å². The molecule has 3 rings (SSSR count). The van der Waals surface area contributed by atoms with Crippen LogP contribution in [-0.4, -0.2) is 15.8 Å². The summed E-state index contributed by atoms with van der Waals surface area (Å²) in [5, 5.41) is 15.2. The minimum atomic E-state index is -0.577. The van der Waals surface area contributed by atoms with Gasteiger partial charge in [0, 0.05) is 23.1 Å². The lowest BCUT2D eigenvalue weighted by Crippen LogP contribution is -2.14. The van der Waals surface area contributed by atoms with Crippen LogP contribution in [0, 0.1) is 17.0 Å². The summed E-state index contributed by atoms with van der Waals surface area (Å²) >= 11 is 13.5. The van der Waals surface area contributed by atoms with Gasteiger partial charge in [-0.25, -0.2) is 4.98 Å². The van der Waals surface area contributed by atoms with Gasteiger partial charge in [0.2, 0.25) is 0 Å². The van der Waals surface area contributed by atoms with E-state index in [1.807, 2.05) is 12.1 Å². The summed E-state index contributed by atoms with van der Waals surface area (Å²) in [6, 6.07) is 9.99. The number of halogens is 2. The molecule has 0 radical (unpaired) electrons. The lowest BCUT2D eigenvalue weighted by atomic mass is 10.1. The van der Waals surface area contributed by atoms with Crippen LogP contribution < -0.4 is 5.32 Å². The lowest BCUT2D eigenvalue weighted by Gasteiger charge is -2.05. The van der Waals surface area contributed by atoms with Crippen LogP contribution in [0.4, 0.5) is 10.8 Å². The quantitative estimate of drug-likeness (QED) is 0.434. The molecule has 1 N–H and O–H groups in total. The van der Waals surface area contributed by atoms with Crippen molar-refractivity contribution in [1.82, 2.24) is 4.98 Å². The van der Waals surface area contributed by atoms with Crippen LogP contribution >= 0.6 is 34.5 Å². The van der Waals surface area contributed by atoms with Crippen LogP contribution in [0.5, 0.6) is 0 Å². The molecule has 1 heterocycles. The minimum absolute atomic E-state index is 0.00497. The van der Waals surface area contributed by atoms with E-state index in [1.165, 1.54) is 17.4 Å². The highest BCUT2D eigenvalue weighted by atomic mass is 35.5. The minimum Gasteiger partial charge on any atom is -0.298 e. The van der Waals surface area contributed by atoms with Gasteiger partial charge in [0.1, 0.15) is 5.56 Å². The van der Waals surface area contributed by atoms with E-state index in [9.17, 15) is 14.9 Å². The first kappa shape index (κ1) is 19.3. The number of para-hydroxylation sites is 1. The van der Waals surface area contributed by atoms with Crippen LogP contribution in [0.3, 0.4) is 0 Å². The maximum absolute atomic E-state index is 12.5. The van der Waals surface area contributed by atoms with E-state index in [-0.39, 0.29) is 11.3 Å². The molecule has 6 nitrogen and oxygen atoms in total. The molecular formula is C18H13Cl2N3O3S. The molecule has 0 fully saturated rings. The first-order valence-electron chi connectivity index (χ1n) is 7.79. The highest BCUT2D eigenvalue weighted by molar-refractivity contribution is 7.15. The standard InChI is InChI=1S/C18H13Cl2N3O3S/c1-10-4-2-6-13(16(10)23(25)26)17(24)22-18-21-9-12(27-18)8-11-5-3-7-14(19)15(11)20/h2-7,9H,8H2,1H3,(H,21,22,24). The molecule has 2 aromatic carbocycles. The number of anilines is 1. The van der Waals surface area contributed by atoms with Crippen LogP contribution in [0.15, 0.2) is 42.6 Å². The molecule has 27 heavy (non-hydrogen) atoms. The molecule has 0 atom stereocenters. The van der Waals surface area contributed by atoms with E-state index in [2.05, 4.69) is 10.3 Å². The molecule has 0 aliphatic heterocycles. The Morgan fingerprint density at radius 3 is 2.74 bits per heavy atom. The number of hydrogen-bond acceptors (Lipinski definition) is 5. The van der Waals surface area contributed by atoms with Crippen molar-refractivity contribution < 1.29 is 9.72 Å². The number of nitrogens with one attached hydrogen (secondary N) is 1. The number of nitro groups is 1. The number of carbonyl (C=O) groups is 1. The zero-order chi connectivity index (χ0) is 19.6. The van der Waals surface area contributed by atoms with Crippen molar-refractivity contribution in [2.45, 2.75) is 13.3 Å². The predicted molar refractivity (Wildman–Crippen MR) is 107 cm³/mol. The van der Waals surface area contributed by atoms with Crippen molar-refractivity contribution in [3.8, 4) is 0 Å². The van der Waals surface area contributed by atoms with Crippen LogP contribution in [0.2, 0.25) is 10.0 Å². The van der Waals surface area contributed by atoms with Gasteiger partial charge >= 0.3 is 0 Å². The van der Waals surface area contributed by atoms with Gasteiger partial charge in [-0.15, -0.1) is 11.3 Å². The van der Waals surface area contributed by atoms with E-state index < -0.39 is 10.8 Å². The largest absolute Gasteiger partial charge is 0.298 e. The maximum Gasteiger partial charge on any atom is 0.285 e. The molecule has 0 unspecified atom stereocenters. The van der Waals surface area contributed by atoms with Crippen molar-refractivity contribution in [1.29, 1.82) is 0 Å². The monoisotopic (exact) mass is 421 g/mol. The van der Waals surface area contributed by atoms with Crippen LogP contribution in [0.25, 0.3) is 0 Å². The Morgan fingerprint density at radius 2 is 2.00 bits per heavy atom. The molecule has 0 saturated carbocycles. The molecule has 0 saturated heterocycles. The Morgan fingerprint density at radius 1 is 1.26 bits per heavy atom. The lowest BCUT2D eigenvalue weighted by molar-refractivity contribution is -0.385. The van der Waals surface area contributed by atoms with Gasteiger partial charge in [-0.1, -0.05) is 47.5 Å². The number of carbonyl (C=O) groups excluding carboxylic acids is 1. The molecule has 0 spiro atoms. The smallest absolute Gasteiger partial charge is 0.285 e. The van der Waals surface area contributed by atoms with Crippen molar-refractivity contribution in [3.63, 3.8) is 0 Å². The Hall–Kier alpha value is -2.48. The van der Waals surface area contributed by atoms with E-state index in [0.29, 0.717) is 27.2 Å². The first-order chi connectivity index (χ1) is 12.9. The Bertz CT molecular complexity index is 1040. The van der Waals surface area contributed by atoms with Crippen molar-refractivity contribution in [3.05, 3.63) is 84.3 Å². The number of rotatable bonds is 5. The zero-order valence-corrected chi connectivity index (χ0v) is 16.4.